The molecule has 0 radical (unpaired) electrons. The predicted molar refractivity (Wildman–Crippen MR) is 181 cm³/mol. The van der Waals surface area contributed by atoms with Gasteiger partial charge in [-0.25, -0.2) is 4.79 Å². The van der Waals surface area contributed by atoms with Gasteiger partial charge in [-0.15, -0.1) is 0 Å². The van der Waals surface area contributed by atoms with E-state index in [1.807, 2.05) is 74.5 Å². The highest BCUT2D eigenvalue weighted by atomic mass is 35.5. The Morgan fingerprint density at radius 1 is 0.978 bits per heavy atom. The number of nitrogens with one attached hydrogen (secondary N) is 2. The van der Waals surface area contributed by atoms with Gasteiger partial charge in [-0.2, -0.15) is 0 Å². The SMILES string of the molecule is CC(C)(c1cccc(Cl)c1)C(c1ccc2ccccc2c1)N(C(=O)O)[C@@H](CC1CCCCC1)C(=O)N[C@H](CO)C[C@@H]1CCNC1=O. The Morgan fingerprint density at radius 2 is 1.72 bits per heavy atom. The first kappa shape index (κ1) is 33.7. The van der Waals surface area contributed by atoms with Crippen LogP contribution in [0.25, 0.3) is 10.8 Å². The van der Waals surface area contributed by atoms with Crippen molar-refractivity contribution in [2.45, 2.75) is 88.8 Å². The Labute approximate surface area is 276 Å². The van der Waals surface area contributed by atoms with Crippen molar-refractivity contribution >= 4 is 40.3 Å². The molecule has 3 amide bonds. The van der Waals surface area contributed by atoms with Gasteiger partial charge in [0.05, 0.1) is 18.7 Å². The molecule has 3 aromatic carbocycles. The number of carboxylic acid groups (broad SMARTS) is 1. The van der Waals surface area contributed by atoms with Crippen LogP contribution in [-0.2, 0) is 15.0 Å². The van der Waals surface area contributed by atoms with E-state index in [2.05, 4.69) is 10.6 Å². The second kappa shape index (κ2) is 14.9. The van der Waals surface area contributed by atoms with E-state index < -0.39 is 35.5 Å². The van der Waals surface area contributed by atoms with E-state index in [0.717, 1.165) is 54.0 Å². The molecule has 1 saturated carbocycles. The highest BCUT2D eigenvalue weighted by molar-refractivity contribution is 6.30. The third-order valence-electron chi connectivity index (χ3n) is 10.1. The molecule has 246 valence electrons. The molecule has 5 rings (SSSR count). The molecule has 0 aromatic heterocycles. The molecule has 2 aliphatic rings. The smallest absolute Gasteiger partial charge is 0.408 e. The maximum Gasteiger partial charge on any atom is 0.408 e. The first-order valence-electron chi connectivity index (χ1n) is 16.5. The van der Waals surface area contributed by atoms with Crippen LogP contribution in [0.4, 0.5) is 4.79 Å². The molecule has 3 aromatic rings. The van der Waals surface area contributed by atoms with Crippen LogP contribution in [0.1, 0.15) is 82.4 Å². The molecule has 1 unspecified atom stereocenters. The van der Waals surface area contributed by atoms with Crippen LogP contribution in [0.15, 0.2) is 66.7 Å². The van der Waals surface area contributed by atoms with Crippen LogP contribution in [0.5, 0.6) is 0 Å². The van der Waals surface area contributed by atoms with Crippen molar-refractivity contribution in [3.05, 3.63) is 82.9 Å². The normalized spacial score (nSPS) is 19.3. The molecule has 2 fully saturated rings. The van der Waals surface area contributed by atoms with E-state index in [4.69, 9.17) is 11.6 Å². The minimum Gasteiger partial charge on any atom is -0.465 e. The number of benzene rings is 3. The van der Waals surface area contributed by atoms with Crippen molar-refractivity contribution in [1.82, 2.24) is 15.5 Å². The van der Waals surface area contributed by atoms with Crippen LogP contribution >= 0.6 is 11.6 Å². The number of aliphatic hydroxyl groups is 1. The molecule has 8 nitrogen and oxygen atoms in total. The molecule has 1 aliphatic heterocycles. The number of nitrogens with zero attached hydrogens (tertiary/aromatic N) is 1. The number of fused-ring (bicyclic) bond motifs is 1. The number of aliphatic hydroxyl groups excluding tert-OH is 1. The summed E-state index contributed by atoms with van der Waals surface area (Å²) in [6, 6.07) is 18.9. The second-order valence-corrected chi connectivity index (χ2v) is 14.0. The first-order valence-corrected chi connectivity index (χ1v) is 16.9. The molecular weight excluding hydrogens is 602 g/mol. The van der Waals surface area contributed by atoms with E-state index in [-0.39, 0.29) is 24.3 Å². The molecule has 1 aliphatic carbocycles. The highest BCUT2D eigenvalue weighted by Crippen LogP contribution is 2.45. The number of carbonyl (C=O) groups is 3. The molecule has 46 heavy (non-hydrogen) atoms. The summed E-state index contributed by atoms with van der Waals surface area (Å²) in [6.45, 7) is 4.22. The monoisotopic (exact) mass is 647 g/mol. The van der Waals surface area contributed by atoms with Gasteiger partial charge in [0.25, 0.3) is 0 Å². The van der Waals surface area contributed by atoms with Gasteiger partial charge in [-0.1, -0.05) is 106 Å². The number of hydrogen-bond acceptors (Lipinski definition) is 4. The van der Waals surface area contributed by atoms with Crippen LogP contribution in [0.3, 0.4) is 0 Å². The van der Waals surface area contributed by atoms with E-state index >= 15 is 0 Å². The Hall–Kier alpha value is -3.62. The number of halogens is 1. The van der Waals surface area contributed by atoms with Gasteiger partial charge in [-0.05, 0) is 65.3 Å². The Balaban J connectivity index is 1.60. The summed E-state index contributed by atoms with van der Waals surface area (Å²) in [5.41, 5.74) is 0.811. The largest absolute Gasteiger partial charge is 0.465 e. The number of carbonyl (C=O) groups excluding carboxylic acids is 2. The zero-order chi connectivity index (χ0) is 32.8. The van der Waals surface area contributed by atoms with Crippen molar-refractivity contribution in [2.24, 2.45) is 11.8 Å². The predicted octanol–water partition coefficient (Wildman–Crippen LogP) is 6.83. The molecule has 4 atom stereocenters. The summed E-state index contributed by atoms with van der Waals surface area (Å²) < 4.78 is 0. The third kappa shape index (κ3) is 7.67. The summed E-state index contributed by atoms with van der Waals surface area (Å²) in [6.07, 6.45) is 5.19. The average Bonchev–Trinajstić information content (AvgIpc) is 3.45. The quantitative estimate of drug-likeness (QED) is 0.172. The topological polar surface area (TPSA) is 119 Å². The first-order chi connectivity index (χ1) is 22.1. The standard InChI is InChI=1S/C37H46ClN3O5/c1-37(2,29-13-8-14-30(38)22-29)33(27-16-15-25-11-6-7-12-26(25)20-27)41(36(45)46)32(19-24-9-4-3-5-10-24)35(44)40-31(23-42)21-28-17-18-39-34(28)43/h6-8,11-16,20,22,24,28,31-33,42H,3-5,9-10,17-19,21,23H2,1-2H3,(H,39,43)(H,40,44)(H,45,46)/t28-,31-,32-,33?/m0/s1. The molecule has 1 saturated heterocycles. The van der Waals surface area contributed by atoms with Crippen molar-refractivity contribution < 1.29 is 24.6 Å². The fraction of sp³-hybridized carbons (Fsp3) is 0.486. The summed E-state index contributed by atoms with van der Waals surface area (Å²) in [5.74, 6) is -0.653. The molecule has 0 spiro atoms. The lowest BCUT2D eigenvalue weighted by Gasteiger charge is -2.45. The number of rotatable bonds is 12. The maximum atomic E-state index is 14.4. The van der Waals surface area contributed by atoms with Crippen molar-refractivity contribution in [1.29, 1.82) is 0 Å². The summed E-state index contributed by atoms with van der Waals surface area (Å²) in [5, 5.41) is 29.7. The lowest BCUT2D eigenvalue weighted by Crippen LogP contribution is -2.57. The van der Waals surface area contributed by atoms with Gasteiger partial charge in [0.2, 0.25) is 11.8 Å². The van der Waals surface area contributed by atoms with Crippen LogP contribution < -0.4 is 10.6 Å². The fourth-order valence-electron chi connectivity index (χ4n) is 7.55. The lowest BCUT2D eigenvalue weighted by atomic mass is 9.73. The molecule has 9 heteroatoms. The van der Waals surface area contributed by atoms with Gasteiger partial charge in [0.1, 0.15) is 6.04 Å². The fourth-order valence-corrected chi connectivity index (χ4v) is 7.74. The summed E-state index contributed by atoms with van der Waals surface area (Å²) in [4.78, 5) is 41.7. The van der Waals surface area contributed by atoms with E-state index in [1.165, 1.54) is 4.90 Å². The van der Waals surface area contributed by atoms with E-state index in [9.17, 15) is 24.6 Å². The lowest BCUT2D eigenvalue weighted by molar-refractivity contribution is -0.130. The van der Waals surface area contributed by atoms with Crippen molar-refractivity contribution in [3.63, 3.8) is 0 Å². The highest BCUT2D eigenvalue weighted by Gasteiger charge is 2.45. The minimum absolute atomic E-state index is 0.0849. The van der Waals surface area contributed by atoms with Crippen LogP contribution in [0, 0.1) is 11.8 Å². The Morgan fingerprint density at radius 3 is 2.37 bits per heavy atom. The maximum absolute atomic E-state index is 14.4. The third-order valence-corrected chi connectivity index (χ3v) is 10.3. The zero-order valence-corrected chi connectivity index (χ0v) is 27.5. The average molecular weight is 648 g/mol. The number of amides is 3. The molecular formula is C37H46ClN3O5. The Bertz CT molecular complexity index is 1540. The minimum atomic E-state index is -1.19. The molecule has 0 bridgehead atoms. The van der Waals surface area contributed by atoms with E-state index in [1.54, 1.807) is 6.07 Å². The van der Waals surface area contributed by atoms with Gasteiger partial charge in [0.15, 0.2) is 0 Å². The van der Waals surface area contributed by atoms with Crippen LogP contribution in [-0.4, -0.2) is 58.3 Å². The van der Waals surface area contributed by atoms with Gasteiger partial charge in [0, 0.05) is 22.9 Å². The zero-order valence-electron chi connectivity index (χ0n) is 26.8. The summed E-state index contributed by atoms with van der Waals surface area (Å²) in [7, 11) is 0. The summed E-state index contributed by atoms with van der Waals surface area (Å²) >= 11 is 6.47. The van der Waals surface area contributed by atoms with Gasteiger partial charge in [-0.3, -0.25) is 14.5 Å². The number of hydrogen-bond donors (Lipinski definition) is 4. The van der Waals surface area contributed by atoms with Crippen molar-refractivity contribution in [2.75, 3.05) is 13.2 Å². The van der Waals surface area contributed by atoms with Crippen molar-refractivity contribution in [3.8, 4) is 0 Å². The second-order valence-electron chi connectivity index (χ2n) is 13.6. The molecule has 1 heterocycles. The van der Waals surface area contributed by atoms with Gasteiger partial charge >= 0.3 is 6.09 Å². The molecule has 4 N–H and O–H groups in total. The Kier molecular flexibility index (Phi) is 10.9. The van der Waals surface area contributed by atoms with Gasteiger partial charge < -0.3 is 20.8 Å². The van der Waals surface area contributed by atoms with Crippen LogP contribution in [0.2, 0.25) is 5.02 Å². The van der Waals surface area contributed by atoms with E-state index in [0.29, 0.717) is 30.8 Å².